The van der Waals surface area contributed by atoms with E-state index in [1.54, 1.807) is 0 Å². The Hall–Kier alpha value is -3.75. The van der Waals surface area contributed by atoms with Gasteiger partial charge in [-0.3, -0.25) is 4.79 Å². The van der Waals surface area contributed by atoms with Crippen LogP contribution in [0.1, 0.15) is 91.5 Å². The van der Waals surface area contributed by atoms with Crippen molar-refractivity contribution in [1.82, 2.24) is 4.72 Å². The molecular weight excluding hydrogens is 650 g/mol. The maximum atomic E-state index is 16.0. The van der Waals surface area contributed by atoms with Crippen LogP contribution in [0.15, 0.2) is 48.5 Å². The topological polar surface area (TPSA) is 111 Å². The lowest BCUT2D eigenvalue weighted by Crippen LogP contribution is -2.51. The second-order valence-electron chi connectivity index (χ2n) is 12.4. The maximum Gasteiger partial charge on any atom is 0.416 e. The first kappa shape index (κ1) is 36.1. The predicted molar refractivity (Wildman–Crippen MR) is 165 cm³/mol. The number of amides is 1. The predicted octanol–water partition coefficient (Wildman–Crippen LogP) is 8.51. The fourth-order valence-electron chi connectivity index (χ4n) is 4.89. The fourth-order valence-corrected chi connectivity index (χ4v) is 5.77. The number of carboxylic acid groups (broad SMARTS) is 1. The second-order valence-corrected chi connectivity index (χ2v) is 14.4. The number of ether oxygens (including phenoxy) is 1. The van der Waals surface area contributed by atoms with Gasteiger partial charge in [0.05, 0.1) is 11.1 Å². The van der Waals surface area contributed by atoms with Crippen molar-refractivity contribution in [2.24, 2.45) is 0 Å². The number of hydrogen-bond donors (Lipinski definition) is 3. The van der Waals surface area contributed by atoms with Crippen LogP contribution in [0.3, 0.4) is 0 Å². The van der Waals surface area contributed by atoms with Gasteiger partial charge in [-0.15, -0.1) is 4.72 Å². The van der Waals surface area contributed by atoms with Crippen LogP contribution in [0.4, 0.5) is 32.0 Å². The minimum atomic E-state index is -4.83. The molecule has 47 heavy (non-hydrogen) atoms. The van der Waals surface area contributed by atoms with Crippen molar-refractivity contribution < 1.29 is 50.3 Å². The number of halogens is 6. The molecule has 0 bridgehead atoms. The molecule has 0 radical (unpaired) electrons. The number of hydrogen-bond acceptors (Lipinski definition) is 5. The quantitative estimate of drug-likeness (QED) is 0.138. The first-order valence-electron chi connectivity index (χ1n) is 14.7. The van der Waals surface area contributed by atoms with Crippen LogP contribution < -0.4 is 14.8 Å². The average molecular weight is 685 g/mol. The summed E-state index contributed by atoms with van der Waals surface area (Å²) in [7, 11) is 0. The van der Waals surface area contributed by atoms with E-state index in [1.165, 1.54) is 40.7 Å². The molecule has 14 heteroatoms. The maximum absolute atomic E-state index is 16.0. The molecule has 1 fully saturated rings. The lowest BCUT2D eigenvalue weighted by atomic mass is 9.88. The number of carbonyl (C=O) groups excluding carboxylic acids is 1. The highest BCUT2D eigenvalue weighted by Gasteiger charge is 2.50. The van der Waals surface area contributed by atoms with E-state index < -0.39 is 86.5 Å². The van der Waals surface area contributed by atoms with Crippen LogP contribution in [-0.2, 0) is 22.3 Å². The lowest BCUT2D eigenvalue weighted by Gasteiger charge is -2.34. The van der Waals surface area contributed by atoms with Gasteiger partial charge in [0.15, 0.2) is 0 Å². The molecule has 1 amide bonds. The van der Waals surface area contributed by atoms with E-state index in [-0.39, 0.29) is 22.7 Å². The Morgan fingerprint density at radius 3 is 2.21 bits per heavy atom. The molecule has 1 saturated carbocycles. The van der Waals surface area contributed by atoms with Crippen molar-refractivity contribution in [3.63, 3.8) is 0 Å². The SMILES string of the molecule is CCC(F)(C(=O)O)C(N[S+]([O-])C(C)(C)C)c1cc(NC(=O)c2cc(C(F)(F)F)c(C3CC3)cc2Oc2ccc(F)cc2C)ccc1F. The number of anilines is 1. The van der Waals surface area contributed by atoms with Gasteiger partial charge in [-0.25, -0.2) is 18.0 Å². The standard InChI is InChI=1S/C33H34F6N2O5S/c1-6-32(36,30(43)44)28(41-47(45)31(3,4)5)22-14-20(10-11-25(22)35)40-29(42)23-15-24(33(37,38)39)21(18-7-8-18)16-27(23)46-26-12-9-19(34)13-17(26)2/h9-16,18,28,41H,6-8H2,1-5H3,(H,40,42)(H,43,44). The highest BCUT2D eigenvalue weighted by Crippen LogP contribution is 2.48. The van der Waals surface area contributed by atoms with Crippen molar-refractivity contribution in [2.75, 3.05) is 5.32 Å². The molecule has 0 saturated heterocycles. The largest absolute Gasteiger partial charge is 0.598 e. The molecule has 0 aromatic heterocycles. The van der Waals surface area contributed by atoms with Crippen molar-refractivity contribution in [3.8, 4) is 11.5 Å². The molecule has 3 N–H and O–H groups in total. The van der Waals surface area contributed by atoms with Crippen LogP contribution in [0.2, 0.25) is 0 Å². The van der Waals surface area contributed by atoms with E-state index in [9.17, 15) is 36.8 Å². The van der Waals surface area contributed by atoms with E-state index in [0.29, 0.717) is 24.5 Å². The minimum Gasteiger partial charge on any atom is -0.598 e. The second kappa shape index (κ2) is 13.4. The summed E-state index contributed by atoms with van der Waals surface area (Å²) >= 11 is -2.08. The molecule has 0 aliphatic heterocycles. The molecule has 4 rings (SSSR count). The first-order valence-corrected chi connectivity index (χ1v) is 15.8. The highest BCUT2D eigenvalue weighted by atomic mass is 32.2. The third-order valence-corrected chi connectivity index (χ3v) is 9.31. The van der Waals surface area contributed by atoms with Gasteiger partial charge in [0.25, 0.3) is 5.91 Å². The Labute approximate surface area is 271 Å². The van der Waals surface area contributed by atoms with Gasteiger partial charge in [0, 0.05) is 22.6 Å². The van der Waals surface area contributed by atoms with Gasteiger partial charge in [-0.05, 0) is 113 Å². The average Bonchev–Trinajstić information content (AvgIpc) is 3.82. The fraction of sp³-hybridized carbons (Fsp3) is 0.394. The summed E-state index contributed by atoms with van der Waals surface area (Å²) in [6, 6.07) is 6.06. The molecule has 0 spiro atoms. The summed E-state index contributed by atoms with van der Waals surface area (Å²) in [6.45, 7) is 7.32. The van der Waals surface area contributed by atoms with E-state index in [0.717, 1.165) is 36.4 Å². The summed E-state index contributed by atoms with van der Waals surface area (Å²) < 4.78 is 108. The van der Waals surface area contributed by atoms with Crippen LogP contribution in [0.25, 0.3) is 0 Å². The van der Waals surface area contributed by atoms with Gasteiger partial charge >= 0.3 is 12.1 Å². The molecule has 3 unspecified atom stereocenters. The minimum absolute atomic E-state index is 0.0684. The lowest BCUT2D eigenvalue weighted by molar-refractivity contribution is -0.153. The number of carboxylic acids is 1. The van der Waals surface area contributed by atoms with E-state index >= 15 is 8.78 Å². The number of rotatable bonds is 11. The van der Waals surface area contributed by atoms with Gasteiger partial charge < -0.3 is 19.7 Å². The van der Waals surface area contributed by atoms with Gasteiger partial charge in [0.1, 0.15) is 33.9 Å². The van der Waals surface area contributed by atoms with E-state index in [2.05, 4.69) is 10.0 Å². The molecule has 254 valence electrons. The van der Waals surface area contributed by atoms with Gasteiger partial charge in [0.2, 0.25) is 5.67 Å². The van der Waals surface area contributed by atoms with Gasteiger partial charge in [-0.1, -0.05) is 6.92 Å². The molecule has 3 aromatic rings. The first-order chi connectivity index (χ1) is 21.8. The van der Waals surface area contributed by atoms with Crippen molar-refractivity contribution in [1.29, 1.82) is 0 Å². The van der Waals surface area contributed by atoms with Crippen LogP contribution in [-0.4, -0.2) is 32.0 Å². The zero-order valence-electron chi connectivity index (χ0n) is 26.2. The van der Waals surface area contributed by atoms with Crippen molar-refractivity contribution in [3.05, 3.63) is 88.0 Å². The Morgan fingerprint density at radius 2 is 1.68 bits per heavy atom. The summed E-state index contributed by atoms with van der Waals surface area (Å²) in [5.74, 6) is -5.32. The summed E-state index contributed by atoms with van der Waals surface area (Å²) in [5.41, 5.74) is -5.34. The number of alkyl halides is 4. The number of benzene rings is 3. The Bertz CT molecular complexity index is 1670. The van der Waals surface area contributed by atoms with E-state index in [1.807, 2.05) is 0 Å². The Balaban J connectivity index is 1.80. The Kier molecular flexibility index (Phi) is 10.3. The normalized spacial score (nSPS) is 16.3. The molecular formula is C33H34F6N2O5S. The molecule has 3 aromatic carbocycles. The molecule has 0 heterocycles. The molecule has 7 nitrogen and oxygen atoms in total. The van der Waals surface area contributed by atoms with Crippen LogP contribution in [0, 0.1) is 18.6 Å². The molecule has 3 atom stereocenters. The summed E-state index contributed by atoms with van der Waals surface area (Å²) in [4.78, 5) is 25.7. The molecule has 1 aliphatic carbocycles. The monoisotopic (exact) mass is 684 g/mol. The summed E-state index contributed by atoms with van der Waals surface area (Å²) in [5, 5.41) is 12.1. The van der Waals surface area contributed by atoms with Crippen molar-refractivity contribution in [2.45, 2.75) is 82.4 Å². The zero-order valence-corrected chi connectivity index (χ0v) is 27.0. The van der Waals surface area contributed by atoms with Gasteiger partial charge in [-0.2, -0.15) is 13.2 Å². The van der Waals surface area contributed by atoms with Crippen molar-refractivity contribution >= 4 is 28.9 Å². The number of aliphatic carboxylic acids is 1. The molecule has 1 aliphatic rings. The summed E-state index contributed by atoms with van der Waals surface area (Å²) in [6.07, 6.45) is -4.49. The number of carbonyl (C=O) groups is 2. The Morgan fingerprint density at radius 1 is 1.02 bits per heavy atom. The number of aryl methyl sites for hydroxylation is 1. The zero-order chi connectivity index (χ0) is 35.1. The highest BCUT2D eigenvalue weighted by molar-refractivity contribution is 7.90. The third-order valence-electron chi connectivity index (χ3n) is 7.75. The van der Waals surface area contributed by atoms with Crippen LogP contribution >= 0.6 is 0 Å². The third kappa shape index (κ3) is 8.04. The number of nitrogens with one attached hydrogen (secondary N) is 2. The van der Waals surface area contributed by atoms with Crippen LogP contribution in [0.5, 0.6) is 11.5 Å². The van der Waals surface area contributed by atoms with E-state index in [4.69, 9.17) is 4.74 Å². The smallest absolute Gasteiger partial charge is 0.416 e.